The van der Waals surface area contributed by atoms with E-state index in [4.69, 9.17) is 0 Å². The molecule has 3 nitrogen and oxygen atoms in total. The van der Waals surface area contributed by atoms with Gasteiger partial charge in [0.05, 0.1) is 5.75 Å². The van der Waals surface area contributed by atoms with Gasteiger partial charge in [-0.3, -0.25) is 4.79 Å². The maximum absolute atomic E-state index is 11.7. The third-order valence-corrected chi connectivity index (χ3v) is 3.76. The van der Waals surface area contributed by atoms with Crippen LogP contribution in [-0.4, -0.2) is 48.0 Å². The summed E-state index contributed by atoms with van der Waals surface area (Å²) in [6.07, 6.45) is 2.31. The molecule has 0 bridgehead atoms. The van der Waals surface area contributed by atoms with E-state index >= 15 is 0 Å². The molecule has 0 aliphatic heterocycles. The molecule has 0 heterocycles. The molecule has 1 unspecified atom stereocenters. The summed E-state index contributed by atoms with van der Waals surface area (Å²) in [4.78, 5) is 13.6. The average Bonchev–Trinajstić information content (AvgIpc) is 2.33. The van der Waals surface area contributed by atoms with Gasteiger partial charge in [-0.15, -0.1) is 0 Å². The van der Waals surface area contributed by atoms with Gasteiger partial charge in [-0.1, -0.05) is 6.92 Å². The van der Waals surface area contributed by atoms with Crippen molar-refractivity contribution in [2.24, 2.45) is 0 Å². The summed E-state index contributed by atoms with van der Waals surface area (Å²) in [5.74, 6) is 1.96. The average molecular weight is 260 g/mol. The number of carbonyl (C=O) groups excluding carboxylic acids is 1. The molecule has 1 N–H and O–H groups in total. The Labute approximate surface area is 111 Å². The van der Waals surface area contributed by atoms with Gasteiger partial charge in [0.2, 0.25) is 5.91 Å². The zero-order valence-corrected chi connectivity index (χ0v) is 12.6. The smallest absolute Gasteiger partial charge is 0.232 e. The molecular weight excluding hydrogens is 232 g/mol. The molecule has 0 aliphatic rings. The summed E-state index contributed by atoms with van der Waals surface area (Å²) in [5, 5.41) is 3.46. The normalized spacial score (nSPS) is 12.5. The number of thioether (sulfide) groups is 1. The minimum Gasteiger partial charge on any atom is -0.343 e. The number of hydrogen-bond donors (Lipinski definition) is 1. The van der Waals surface area contributed by atoms with E-state index < -0.39 is 0 Å². The highest BCUT2D eigenvalue weighted by atomic mass is 32.2. The summed E-state index contributed by atoms with van der Waals surface area (Å²) in [5.41, 5.74) is 0. The SMILES string of the molecule is CCCNC(C)CCSCC(=O)N(CC)CC. The number of rotatable bonds is 10. The first-order valence-corrected chi connectivity index (χ1v) is 7.89. The largest absolute Gasteiger partial charge is 0.343 e. The van der Waals surface area contributed by atoms with Gasteiger partial charge in [-0.25, -0.2) is 0 Å². The van der Waals surface area contributed by atoms with Gasteiger partial charge >= 0.3 is 0 Å². The molecule has 1 amide bonds. The molecule has 102 valence electrons. The second kappa shape index (κ2) is 10.9. The molecule has 0 aromatic heterocycles. The van der Waals surface area contributed by atoms with Crippen LogP contribution in [0.1, 0.15) is 40.5 Å². The second-order valence-corrected chi connectivity index (χ2v) is 5.37. The van der Waals surface area contributed by atoms with Crippen molar-refractivity contribution < 1.29 is 4.79 Å². The molecule has 0 spiro atoms. The quantitative estimate of drug-likeness (QED) is 0.612. The maximum Gasteiger partial charge on any atom is 0.232 e. The van der Waals surface area contributed by atoms with Crippen molar-refractivity contribution in [3.05, 3.63) is 0 Å². The van der Waals surface area contributed by atoms with Gasteiger partial charge in [-0.05, 0) is 45.9 Å². The molecule has 0 aliphatic carbocycles. The summed E-state index contributed by atoms with van der Waals surface area (Å²) in [7, 11) is 0. The first-order valence-electron chi connectivity index (χ1n) is 6.74. The molecule has 0 aromatic carbocycles. The minimum absolute atomic E-state index is 0.272. The van der Waals surface area contributed by atoms with Crippen molar-refractivity contribution in [3.8, 4) is 0 Å². The lowest BCUT2D eigenvalue weighted by Crippen LogP contribution is -2.32. The van der Waals surface area contributed by atoms with E-state index in [1.54, 1.807) is 11.8 Å². The Morgan fingerprint density at radius 2 is 1.94 bits per heavy atom. The molecule has 0 fully saturated rings. The third kappa shape index (κ3) is 8.50. The molecule has 0 saturated carbocycles. The van der Waals surface area contributed by atoms with Gasteiger partial charge in [0.15, 0.2) is 0 Å². The number of amides is 1. The fourth-order valence-electron chi connectivity index (χ4n) is 1.58. The summed E-state index contributed by atoms with van der Waals surface area (Å²) in [6.45, 7) is 11.2. The topological polar surface area (TPSA) is 32.3 Å². The van der Waals surface area contributed by atoms with E-state index in [0.29, 0.717) is 11.8 Å². The fraction of sp³-hybridized carbons (Fsp3) is 0.923. The molecule has 0 aromatic rings. The van der Waals surface area contributed by atoms with E-state index in [0.717, 1.165) is 31.8 Å². The van der Waals surface area contributed by atoms with E-state index in [1.807, 2.05) is 18.7 Å². The van der Waals surface area contributed by atoms with Crippen LogP contribution in [0.4, 0.5) is 0 Å². The summed E-state index contributed by atoms with van der Waals surface area (Å²) < 4.78 is 0. The molecule has 1 atom stereocenters. The molecule has 0 rings (SSSR count). The van der Waals surface area contributed by atoms with Crippen LogP contribution >= 0.6 is 11.8 Å². The maximum atomic E-state index is 11.7. The zero-order chi connectivity index (χ0) is 13.1. The van der Waals surface area contributed by atoms with Crippen LogP contribution in [0, 0.1) is 0 Å². The Balaban J connectivity index is 3.53. The highest BCUT2D eigenvalue weighted by molar-refractivity contribution is 7.99. The Morgan fingerprint density at radius 3 is 2.47 bits per heavy atom. The van der Waals surface area contributed by atoms with Crippen LogP contribution in [-0.2, 0) is 4.79 Å². The number of carbonyl (C=O) groups is 1. The number of nitrogens with zero attached hydrogens (tertiary/aromatic N) is 1. The van der Waals surface area contributed by atoms with Crippen LogP contribution in [0.15, 0.2) is 0 Å². The standard InChI is InChI=1S/C13H28N2OS/c1-5-9-14-12(4)8-10-17-11-13(16)15(6-2)7-3/h12,14H,5-11H2,1-4H3. The first-order chi connectivity index (χ1) is 8.15. The van der Waals surface area contributed by atoms with Crippen LogP contribution in [0.5, 0.6) is 0 Å². The van der Waals surface area contributed by atoms with Crippen molar-refractivity contribution in [1.29, 1.82) is 0 Å². The van der Waals surface area contributed by atoms with E-state index in [2.05, 4.69) is 19.2 Å². The van der Waals surface area contributed by atoms with Gasteiger partial charge in [0.1, 0.15) is 0 Å². The van der Waals surface area contributed by atoms with Crippen molar-refractivity contribution in [2.45, 2.75) is 46.6 Å². The van der Waals surface area contributed by atoms with Gasteiger partial charge in [0.25, 0.3) is 0 Å². The van der Waals surface area contributed by atoms with E-state index in [9.17, 15) is 4.79 Å². The fourth-order valence-corrected chi connectivity index (χ4v) is 2.60. The highest BCUT2D eigenvalue weighted by Crippen LogP contribution is 2.06. The Hall–Kier alpha value is -0.220. The molecule has 17 heavy (non-hydrogen) atoms. The Morgan fingerprint density at radius 1 is 1.29 bits per heavy atom. The lowest BCUT2D eigenvalue weighted by Gasteiger charge is -2.18. The van der Waals surface area contributed by atoms with Gasteiger partial charge in [0, 0.05) is 19.1 Å². The lowest BCUT2D eigenvalue weighted by molar-refractivity contribution is -0.127. The van der Waals surface area contributed by atoms with Crippen LogP contribution in [0.3, 0.4) is 0 Å². The molecular formula is C13H28N2OS. The van der Waals surface area contributed by atoms with Crippen LogP contribution < -0.4 is 5.32 Å². The summed E-state index contributed by atoms with van der Waals surface area (Å²) in [6, 6.07) is 0.561. The van der Waals surface area contributed by atoms with Crippen molar-refractivity contribution in [2.75, 3.05) is 31.1 Å². The third-order valence-electron chi connectivity index (χ3n) is 2.78. The number of hydrogen-bond acceptors (Lipinski definition) is 3. The number of nitrogens with one attached hydrogen (secondary N) is 1. The van der Waals surface area contributed by atoms with Crippen LogP contribution in [0.2, 0.25) is 0 Å². The first kappa shape index (κ1) is 16.8. The summed E-state index contributed by atoms with van der Waals surface area (Å²) >= 11 is 1.75. The molecule has 4 heteroatoms. The van der Waals surface area contributed by atoms with E-state index in [1.165, 1.54) is 6.42 Å². The van der Waals surface area contributed by atoms with Crippen molar-refractivity contribution in [3.63, 3.8) is 0 Å². The van der Waals surface area contributed by atoms with Gasteiger partial charge in [-0.2, -0.15) is 11.8 Å². The van der Waals surface area contributed by atoms with E-state index in [-0.39, 0.29) is 5.91 Å². The zero-order valence-electron chi connectivity index (χ0n) is 11.8. The highest BCUT2D eigenvalue weighted by Gasteiger charge is 2.09. The Kier molecular flexibility index (Phi) is 10.8. The predicted molar refractivity (Wildman–Crippen MR) is 77.6 cm³/mol. The second-order valence-electron chi connectivity index (χ2n) is 4.26. The molecule has 0 radical (unpaired) electrons. The molecule has 0 saturated heterocycles. The Bertz CT molecular complexity index is 196. The van der Waals surface area contributed by atoms with Crippen molar-refractivity contribution in [1.82, 2.24) is 10.2 Å². The lowest BCUT2D eigenvalue weighted by atomic mass is 10.2. The van der Waals surface area contributed by atoms with Gasteiger partial charge < -0.3 is 10.2 Å². The monoisotopic (exact) mass is 260 g/mol. The predicted octanol–water partition coefficient (Wildman–Crippen LogP) is 2.37. The minimum atomic E-state index is 0.272. The van der Waals surface area contributed by atoms with Crippen LogP contribution in [0.25, 0.3) is 0 Å². The van der Waals surface area contributed by atoms with Crippen molar-refractivity contribution >= 4 is 17.7 Å².